The molecule has 3 aromatic rings. The number of nitrogens with one attached hydrogen (secondary N) is 2. The summed E-state index contributed by atoms with van der Waals surface area (Å²) in [7, 11) is 1.28. The number of aromatic amines is 1. The number of carbonyl (C=O) groups excluding carboxylic acids is 3. The Morgan fingerprint density at radius 3 is 2.70 bits per heavy atom. The van der Waals surface area contributed by atoms with Crippen molar-refractivity contribution in [3.63, 3.8) is 0 Å². The van der Waals surface area contributed by atoms with Gasteiger partial charge in [-0.3, -0.25) is 9.59 Å². The van der Waals surface area contributed by atoms with Crippen LogP contribution in [0.5, 0.6) is 0 Å². The van der Waals surface area contributed by atoms with Crippen molar-refractivity contribution in [3.05, 3.63) is 65.4 Å². The fraction of sp³-hybridized carbons (Fsp3) is 0.190. The molecule has 0 bridgehead atoms. The quantitative estimate of drug-likeness (QED) is 0.537. The van der Waals surface area contributed by atoms with Gasteiger partial charge in [0.2, 0.25) is 5.91 Å². The van der Waals surface area contributed by atoms with Crippen molar-refractivity contribution in [2.45, 2.75) is 12.3 Å². The van der Waals surface area contributed by atoms with E-state index in [1.807, 2.05) is 30.3 Å². The molecule has 0 unspecified atom stereocenters. The Morgan fingerprint density at radius 1 is 1.22 bits per heavy atom. The number of H-pyrrole nitrogens is 1. The van der Waals surface area contributed by atoms with Crippen molar-refractivity contribution in [3.8, 4) is 0 Å². The second-order valence-corrected chi connectivity index (χ2v) is 6.65. The van der Waals surface area contributed by atoms with Crippen LogP contribution >= 0.6 is 0 Å². The van der Waals surface area contributed by atoms with Crippen molar-refractivity contribution in [1.82, 2.24) is 4.98 Å². The number of aromatic nitrogens is 1. The smallest absolute Gasteiger partial charge is 0.338 e. The number of anilines is 1. The van der Waals surface area contributed by atoms with E-state index >= 15 is 0 Å². The van der Waals surface area contributed by atoms with E-state index in [4.69, 9.17) is 4.74 Å². The molecule has 0 radical (unpaired) electrons. The fourth-order valence-corrected chi connectivity index (χ4v) is 3.52. The molecule has 0 aliphatic heterocycles. The lowest BCUT2D eigenvalue weighted by molar-refractivity contribution is -0.117. The number of esters is 1. The Balaban J connectivity index is 1.60. The predicted octanol–water partition coefficient (Wildman–Crippen LogP) is 3.51. The van der Waals surface area contributed by atoms with Gasteiger partial charge in [-0.2, -0.15) is 0 Å². The van der Waals surface area contributed by atoms with E-state index in [1.165, 1.54) is 13.3 Å². The molecule has 27 heavy (non-hydrogen) atoms. The van der Waals surface area contributed by atoms with Crippen molar-refractivity contribution in [2.24, 2.45) is 5.92 Å². The first kappa shape index (κ1) is 17.0. The maximum atomic E-state index is 12.6. The molecule has 2 aromatic carbocycles. The minimum atomic E-state index is -0.563. The van der Waals surface area contributed by atoms with Gasteiger partial charge >= 0.3 is 5.97 Å². The summed E-state index contributed by atoms with van der Waals surface area (Å²) in [6.07, 6.45) is 3.01. The van der Waals surface area contributed by atoms with E-state index in [9.17, 15) is 14.4 Å². The molecule has 6 nitrogen and oxygen atoms in total. The normalized spacial score (nSPS) is 18.1. The number of carbonyl (C=O) groups is 3. The predicted molar refractivity (Wildman–Crippen MR) is 101 cm³/mol. The maximum absolute atomic E-state index is 12.6. The number of fused-ring (bicyclic) bond motifs is 1. The summed E-state index contributed by atoms with van der Waals surface area (Å²) in [6.45, 7) is 0. The van der Waals surface area contributed by atoms with Crippen molar-refractivity contribution < 1.29 is 19.1 Å². The SMILES string of the molecule is COC(=O)c1cc(NC(=O)[C@H]2C[C@H]2c2ccccc2)cc2[nH]cc(C=O)c12. The molecule has 1 saturated carbocycles. The number of methoxy groups -OCH3 is 1. The molecule has 2 N–H and O–H groups in total. The molecule has 0 spiro atoms. The summed E-state index contributed by atoms with van der Waals surface area (Å²) in [6, 6.07) is 13.2. The van der Waals surface area contributed by atoms with Gasteiger partial charge in [0, 0.05) is 34.3 Å². The van der Waals surface area contributed by atoms with E-state index in [-0.39, 0.29) is 23.3 Å². The number of rotatable bonds is 5. The van der Waals surface area contributed by atoms with Gasteiger partial charge in [0.1, 0.15) is 0 Å². The van der Waals surface area contributed by atoms with Gasteiger partial charge < -0.3 is 15.0 Å². The number of benzene rings is 2. The fourth-order valence-electron chi connectivity index (χ4n) is 3.52. The standard InChI is InChI=1S/C21H18N2O4/c1-27-21(26)17-7-14(8-18-19(17)13(11-24)10-22-18)23-20(25)16-9-15(16)12-5-3-2-4-6-12/h2-8,10-11,15-16,22H,9H2,1H3,(H,23,25)/t15-,16-/m0/s1. The third-order valence-electron chi connectivity index (χ3n) is 4.96. The topological polar surface area (TPSA) is 88.3 Å². The van der Waals surface area contributed by atoms with Crippen LogP contribution in [0.15, 0.2) is 48.7 Å². The van der Waals surface area contributed by atoms with Gasteiger partial charge in [0.25, 0.3) is 0 Å². The molecule has 136 valence electrons. The van der Waals surface area contributed by atoms with Crippen LogP contribution in [0.1, 0.15) is 38.6 Å². The zero-order valence-electron chi connectivity index (χ0n) is 14.7. The van der Waals surface area contributed by atoms with Crippen LogP contribution in [-0.2, 0) is 9.53 Å². The molecule has 4 rings (SSSR count). The molecule has 2 atom stereocenters. The number of aldehydes is 1. The lowest BCUT2D eigenvalue weighted by atomic mass is 10.1. The highest BCUT2D eigenvalue weighted by molar-refractivity contribution is 6.12. The maximum Gasteiger partial charge on any atom is 0.338 e. The molecule has 6 heteroatoms. The Labute approximate surface area is 155 Å². The third kappa shape index (κ3) is 3.10. The van der Waals surface area contributed by atoms with Gasteiger partial charge in [-0.1, -0.05) is 30.3 Å². The number of ether oxygens (including phenoxy) is 1. The lowest BCUT2D eigenvalue weighted by Crippen LogP contribution is -2.15. The molecule has 1 aliphatic rings. The van der Waals surface area contributed by atoms with E-state index < -0.39 is 5.97 Å². The van der Waals surface area contributed by atoms with Crippen LogP contribution in [0, 0.1) is 5.92 Å². The number of hydrogen-bond acceptors (Lipinski definition) is 4. The van der Waals surface area contributed by atoms with E-state index in [2.05, 4.69) is 10.3 Å². The van der Waals surface area contributed by atoms with Crippen LogP contribution < -0.4 is 5.32 Å². The summed E-state index contributed by atoms with van der Waals surface area (Å²) < 4.78 is 4.83. The minimum absolute atomic E-state index is 0.0822. The van der Waals surface area contributed by atoms with Crippen LogP contribution in [0.2, 0.25) is 0 Å². The molecule has 1 amide bonds. The summed E-state index contributed by atoms with van der Waals surface area (Å²) in [5.41, 5.74) is 2.85. The van der Waals surface area contributed by atoms with Crippen LogP contribution in [0.4, 0.5) is 5.69 Å². The lowest BCUT2D eigenvalue weighted by Gasteiger charge is -2.09. The van der Waals surface area contributed by atoms with Gasteiger partial charge in [0.05, 0.1) is 12.7 Å². The molecule has 1 aromatic heterocycles. The minimum Gasteiger partial charge on any atom is -0.465 e. The Morgan fingerprint density at radius 2 is 2.00 bits per heavy atom. The number of amides is 1. The van der Waals surface area contributed by atoms with Gasteiger partial charge in [-0.05, 0) is 30.0 Å². The van der Waals surface area contributed by atoms with Crippen molar-refractivity contribution in [2.75, 3.05) is 12.4 Å². The second kappa shape index (κ2) is 6.72. The summed E-state index contributed by atoms with van der Waals surface area (Å²) in [5.74, 6) is -0.505. The first-order valence-corrected chi connectivity index (χ1v) is 8.66. The highest BCUT2D eigenvalue weighted by Gasteiger charge is 2.43. The zero-order valence-corrected chi connectivity index (χ0v) is 14.7. The Hall–Kier alpha value is -3.41. The molecular weight excluding hydrogens is 344 g/mol. The zero-order chi connectivity index (χ0) is 19.0. The monoisotopic (exact) mass is 362 g/mol. The highest BCUT2D eigenvalue weighted by Crippen LogP contribution is 2.48. The summed E-state index contributed by atoms with van der Waals surface area (Å²) >= 11 is 0. The van der Waals surface area contributed by atoms with Crippen LogP contribution in [0.3, 0.4) is 0 Å². The van der Waals surface area contributed by atoms with E-state index in [0.29, 0.717) is 28.4 Å². The van der Waals surface area contributed by atoms with E-state index in [0.717, 1.165) is 12.0 Å². The van der Waals surface area contributed by atoms with Crippen molar-refractivity contribution in [1.29, 1.82) is 0 Å². The average Bonchev–Trinajstić information content (AvgIpc) is 3.40. The molecular formula is C21H18N2O4. The van der Waals surface area contributed by atoms with Crippen LogP contribution in [0.25, 0.3) is 10.9 Å². The molecule has 1 aliphatic carbocycles. The molecule has 1 fully saturated rings. The van der Waals surface area contributed by atoms with Gasteiger partial charge in [-0.25, -0.2) is 4.79 Å². The Bertz CT molecular complexity index is 1040. The largest absolute Gasteiger partial charge is 0.465 e. The van der Waals surface area contributed by atoms with Gasteiger partial charge in [-0.15, -0.1) is 0 Å². The first-order valence-electron chi connectivity index (χ1n) is 8.66. The molecule has 1 heterocycles. The highest BCUT2D eigenvalue weighted by atomic mass is 16.5. The van der Waals surface area contributed by atoms with Crippen molar-refractivity contribution >= 4 is 34.8 Å². The van der Waals surface area contributed by atoms with E-state index in [1.54, 1.807) is 12.1 Å². The average molecular weight is 362 g/mol. The Kier molecular flexibility index (Phi) is 4.24. The molecule has 0 saturated heterocycles. The summed E-state index contributed by atoms with van der Waals surface area (Å²) in [4.78, 5) is 39.0. The first-order chi connectivity index (χ1) is 13.1. The summed E-state index contributed by atoms with van der Waals surface area (Å²) in [5, 5.41) is 3.38. The third-order valence-corrected chi connectivity index (χ3v) is 4.96. The number of hydrogen-bond donors (Lipinski definition) is 2. The second-order valence-electron chi connectivity index (χ2n) is 6.65. The van der Waals surface area contributed by atoms with Crippen LogP contribution in [-0.4, -0.2) is 30.3 Å². The van der Waals surface area contributed by atoms with Gasteiger partial charge in [0.15, 0.2) is 6.29 Å².